The number of amides is 1. The highest BCUT2D eigenvalue weighted by Crippen LogP contribution is 2.28. The third-order valence-electron chi connectivity index (χ3n) is 3.77. The van der Waals surface area contributed by atoms with Crippen molar-refractivity contribution in [1.29, 1.82) is 5.26 Å². The lowest BCUT2D eigenvalue weighted by Crippen LogP contribution is -2.17. The summed E-state index contributed by atoms with van der Waals surface area (Å²) >= 11 is 0. The number of carbonyl (C=O) groups excluding carboxylic acids is 1. The molecule has 3 rings (SSSR count). The second-order valence-electron chi connectivity index (χ2n) is 5.42. The van der Waals surface area contributed by atoms with Crippen LogP contribution in [-0.4, -0.2) is 11.1 Å². The minimum Gasteiger partial charge on any atom is -0.360 e. The smallest absolute Gasteiger partial charge is 0.278 e. The summed E-state index contributed by atoms with van der Waals surface area (Å²) in [4.78, 5) is 12.3. The van der Waals surface area contributed by atoms with Gasteiger partial charge in [0.15, 0.2) is 5.69 Å². The molecule has 1 amide bonds. The molecule has 0 aliphatic heterocycles. The van der Waals surface area contributed by atoms with Gasteiger partial charge in [0.05, 0.1) is 11.6 Å². The van der Waals surface area contributed by atoms with Gasteiger partial charge in [0.2, 0.25) is 0 Å². The third kappa shape index (κ3) is 2.65. The first kappa shape index (κ1) is 13.4. The molecule has 0 unspecified atom stereocenters. The van der Waals surface area contributed by atoms with Crippen LogP contribution in [0.3, 0.4) is 0 Å². The Morgan fingerprint density at radius 3 is 2.90 bits per heavy atom. The van der Waals surface area contributed by atoms with Gasteiger partial charge in [-0.1, -0.05) is 12.1 Å². The van der Waals surface area contributed by atoms with E-state index in [4.69, 9.17) is 9.78 Å². The third-order valence-corrected chi connectivity index (χ3v) is 3.77. The fourth-order valence-electron chi connectivity index (χ4n) is 2.57. The molecule has 0 radical (unpaired) electrons. The molecule has 0 saturated heterocycles. The first-order chi connectivity index (χ1) is 10.2. The van der Waals surface area contributed by atoms with Crippen molar-refractivity contribution in [3.8, 4) is 6.07 Å². The molecule has 0 saturated carbocycles. The van der Waals surface area contributed by atoms with Crippen LogP contribution >= 0.6 is 0 Å². The minimum atomic E-state index is -0.265. The fraction of sp³-hybridized carbons (Fsp3) is 0.312. The number of aromatic nitrogens is 1. The van der Waals surface area contributed by atoms with Crippen molar-refractivity contribution < 1.29 is 9.32 Å². The Bertz CT molecular complexity index is 710. The van der Waals surface area contributed by atoms with Crippen molar-refractivity contribution >= 4 is 11.6 Å². The van der Waals surface area contributed by atoms with Gasteiger partial charge in [0.25, 0.3) is 5.91 Å². The van der Waals surface area contributed by atoms with E-state index >= 15 is 0 Å². The highest BCUT2D eigenvalue weighted by molar-refractivity contribution is 6.03. The highest BCUT2D eigenvalue weighted by Gasteiger charge is 2.26. The van der Waals surface area contributed by atoms with Crippen LogP contribution in [0, 0.1) is 17.2 Å². The number of hydrogen-bond donors (Lipinski definition) is 1. The number of rotatable bonds is 2. The van der Waals surface area contributed by atoms with E-state index in [1.165, 1.54) is 0 Å². The van der Waals surface area contributed by atoms with E-state index in [2.05, 4.69) is 17.4 Å². The number of hydrogen-bond acceptors (Lipinski definition) is 4. The molecule has 0 spiro atoms. The van der Waals surface area contributed by atoms with Gasteiger partial charge in [-0.3, -0.25) is 4.79 Å². The van der Waals surface area contributed by atoms with Crippen LogP contribution in [0.5, 0.6) is 0 Å². The van der Waals surface area contributed by atoms with Gasteiger partial charge in [0.1, 0.15) is 5.76 Å². The number of fused-ring (bicyclic) bond motifs is 1. The number of anilines is 1. The Kier molecular flexibility index (Phi) is 3.44. The molecule has 1 aliphatic rings. The molecule has 1 N–H and O–H groups in total. The maximum atomic E-state index is 12.3. The van der Waals surface area contributed by atoms with Crippen LogP contribution in [0.2, 0.25) is 0 Å². The topological polar surface area (TPSA) is 78.9 Å². The van der Waals surface area contributed by atoms with Crippen LogP contribution in [0.4, 0.5) is 5.69 Å². The predicted octanol–water partition coefficient (Wildman–Crippen LogP) is 2.92. The molecule has 0 bridgehead atoms. The SMILES string of the molecule is C[C@@H]1CCc2onc(C(=O)Nc3ccc(C#N)cc3)c2C1. The first-order valence-corrected chi connectivity index (χ1v) is 6.96. The average molecular weight is 281 g/mol. The molecule has 5 heteroatoms. The van der Waals surface area contributed by atoms with Gasteiger partial charge >= 0.3 is 0 Å². The summed E-state index contributed by atoms with van der Waals surface area (Å²) in [5.41, 5.74) is 2.50. The normalized spacial score (nSPS) is 16.9. The number of aryl methyl sites for hydroxylation is 1. The largest absolute Gasteiger partial charge is 0.360 e. The lowest BCUT2D eigenvalue weighted by molar-refractivity contribution is 0.101. The summed E-state index contributed by atoms with van der Waals surface area (Å²) in [7, 11) is 0. The van der Waals surface area contributed by atoms with E-state index in [0.717, 1.165) is 30.6 Å². The van der Waals surface area contributed by atoms with Crippen molar-refractivity contribution in [2.45, 2.75) is 26.2 Å². The molecule has 0 fully saturated rings. The Morgan fingerprint density at radius 1 is 1.43 bits per heavy atom. The molecule has 21 heavy (non-hydrogen) atoms. The molecule has 1 aromatic carbocycles. The molecular formula is C16H15N3O2. The quantitative estimate of drug-likeness (QED) is 0.917. The van der Waals surface area contributed by atoms with E-state index in [0.29, 0.717) is 22.9 Å². The van der Waals surface area contributed by atoms with Crippen molar-refractivity contribution in [2.24, 2.45) is 5.92 Å². The fourth-order valence-corrected chi connectivity index (χ4v) is 2.57. The van der Waals surface area contributed by atoms with Gasteiger partial charge in [-0.05, 0) is 43.0 Å². The maximum absolute atomic E-state index is 12.3. The van der Waals surface area contributed by atoms with Crippen LogP contribution in [-0.2, 0) is 12.8 Å². The molecule has 1 aliphatic carbocycles. The van der Waals surface area contributed by atoms with Gasteiger partial charge < -0.3 is 9.84 Å². The van der Waals surface area contributed by atoms with Crippen molar-refractivity contribution in [3.05, 3.63) is 46.8 Å². The number of nitrogens with zero attached hydrogens (tertiary/aromatic N) is 2. The summed E-state index contributed by atoms with van der Waals surface area (Å²) in [6, 6.07) is 8.77. The average Bonchev–Trinajstić information content (AvgIpc) is 2.91. The van der Waals surface area contributed by atoms with Gasteiger partial charge in [-0.15, -0.1) is 0 Å². The number of nitrogens with one attached hydrogen (secondary N) is 1. The molecule has 106 valence electrons. The Labute approximate surface area is 122 Å². The standard InChI is InChI=1S/C16H15N3O2/c1-10-2-7-14-13(8-10)15(19-21-14)16(20)18-12-5-3-11(9-17)4-6-12/h3-6,10H,2,7-8H2,1H3,(H,18,20)/t10-/m1/s1. The predicted molar refractivity (Wildman–Crippen MR) is 76.8 cm³/mol. The molecule has 2 aromatic rings. The second-order valence-corrected chi connectivity index (χ2v) is 5.42. The zero-order chi connectivity index (χ0) is 14.8. The van der Waals surface area contributed by atoms with Crippen LogP contribution in [0.25, 0.3) is 0 Å². The monoisotopic (exact) mass is 281 g/mol. The lowest BCUT2D eigenvalue weighted by atomic mass is 9.88. The first-order valence-electron chi connectivity index (χ1n) is 6.96. The van der Waals surface area contributed by atoms with Crippen molar-refractivity contribution in [2.75, 3.05) is 5.32 Å². The zero-order valence-electron chi connectivity index (χ0n) is 11.7. The lowest BCUT2D eigenvalue weighted by Gasteiger charge is -2.16. The van der Waals surface area contributed by atoms with E-state index in [1.54, 1.807) is 24.3 Å². The Balaban J connectivity index is 1.79. The van der Waals surface area contributed by atoms with Crippen molar-refractivity contribution in [3.63, 3.8) is 0 Å². The molecule has 1 heterocycles. The van der Waals surface area contributed by atoms with Gasteiger partial charge in [-0.25, -0.2) is 0 Å². The second kappa shape index (κ2) is 5.41. The zero-order valence-corrected chi connectivity index (χ0v) is 11.7. The van der Waals surface area contributed by atoms with E-state index in [-0.39, 0.29) is 5.91 Å². The number of benzene rings is 1. The Hall–Kier alpha value is -2.61. The molecule has 5 nitrogen and oxygen atoms in total. The summed E-state index contributed by atoms with van der Waals surface area (Å²) in [6.45, 7) is 2.16. The number of nitriles is 1. The van der Waals surface area contributed by atoms with Gasteiger partial charge in [-0.2, -0.15) is 5.26 Å². The molecule has 1 atom stereocenters. The molecular weight excluding hydrogens is 266 g/mol. The number of carbonyl (C=O) groups is 1. The minimum absolute atomic E-state index is 0.265. The van der Waals surface area contributed by atoms with Gasteiger partial charge in [0, 0.05) is 17.7 Å². The van der Waals surface area contributed by atoms with E-state index in [9.17, 15) is 4.79 Å². The highest BCUT2D eigenvalue weighted by atomic mass is 16.5. The van der Waals surface area contributed by atoms with E-state index in [1.807, 2.05) is 6.07 Å². The maximum Gasteiger partial charge on any atom is 0.278 e. The summed E-state index contributed by atoms with van der Waals surface area (Å²) in [5.74, 6) is 1.11. The van der Waals surface area contributed by atoms with Crippen molar-refractivity contribution in [1.82, 2.24) is 5.16 Å². The Morgan fingerprint density at radius 2 is 2.19 bits per heavy atom. The van der Waals surface area contributed by atoms with Crippen LogP contribution < -0.4 is 5.32 Å². The molecule has 1 aromatic heterocycles. The van der Waals surface area contributed by atoms with Crippen LogP contribution in [0.15, 0.2) is 28.8 Å². The van der Waals surface area contributed by atoms with E-state index < -0.39 is 0 Å². The summed E-state index contributed by atoms with van der Waals surface area (Å²) < 4.78 is 5.28. The van der Waals surface area contributed by atoms with Crippen LogP contribution in [0.1, 0.15) is 40.7 Å². The summed E-state index contributed by atoms with van der Waals surface area (Å²) in [6.07, 6.45) is 2.74. The summed E-state index contributed by atoms with van der Waals surface area (Å²) in [5, 5.41) is 15.5.